The standard InChI is InChI=1S/C14H22N4/c1-10-13(6-15)7-16-14(17-10)18(8-11-2-3-11)9-12-4-5-12/h7,11-12H,2-6,8-9,15H2,1H3. The average molecular weight is 246 g/mol. The zero-order chi connectivity index (χ0) is 12.5. The van der Waals surface area contributed by atoms with Crippen LogP contribution in [-0.2, 0) is 6.54 Å². The van der Waals surface area contributed by atoms with Crippen molar-refractivity contribution in [3.63, 3.8) is 0 Å². The van der Waals surface area contributed by atoms with E-state index >= 15 is 0 Å². The normalized spacial score (nSPS) is 19.0. The van der Waals surface area contributed by atoms with Crippen LogP contribution >= 0.6 is 0 Å². The third-order valence-electron chi connectivity index (χ3n) is 3.92. The first-order valence-corrected chi connectivity index (χ1v) is 7.04. The van der Waals surface area contributed by atoms with E-state index < -0.39 is 0 Å². The van der Waals surface area contributed by atoms with Gasteiger partial charge in [-0.1, -0.05) is 0 Å². The van der Waals surface area contributed by atoms with Crippen LogP contribution in [-0.4, -0.2) is 23.1 Å². The van der Waals surface area contributed by atoms with E-state index in [1.807, 2.05) is 13.1 Å². The van der Waals surface area contributed by atoms with Crippen molar-refractivity contribution in [2.24, 2.45) is 17.6 Å². The SMILES string of the molecule is Cc1nc(N(CC2CC2)CC2CC2)ncc1CN. The maximum atomic E-state index is 5.66. The molecule has 18 heavy (non-hydrogen) atoms. The van der Waals surface area contributed by atoms with Gasteiger partial charge in [-0.3, -0.25) is 0 Å². The zero-order valence-electron chi connectivity index (χ0n) is 11.1. The number of nitrogens with two attached hydrogens (primary N) is 1. The number of anilines is 1. The first kappa shape index (κ1) is 11.9. The molecule has 0 radical (unpaired) electrons. The molecule has 4 nitrogen and oxygen atoms in total. The Morgan fingerprint density at radius 3 is 2.28 bits per heavy atom. The number of hydrogen-bond donors (Lipinski definition) is 1. The van der Waals surface area contributed by atoms with Crippen LogP contribution in [0.5, 0.6) is 0 Å². The summed E-state index contributed by atoms with van der Waals surface area (Å²) in [6.45, 7) is 4.83. The van der Waals surface area contributed by atoms with E-state index in [1.54, 1.807) is 0 Å². The Morgan fingerprint density at radius 1 is 1.22 bits per heavy atom. The lowest BCUT2D eigenvalue weighted by Gasteiger charge is -2.23. The second-order valence-electron chi connectivity index (χ2n) is 5.78. The maximum absolute atomic E-state index is 5.66. The van der Waals surface area contributed by atoms with Gasteiger partial charge in [-0.15, -0.1) is 0 Å². The predicted octanol–water partition coefficient (Wildman–Crippen LogP) is 1.87. The molecule has 0 bridgehead atoms. The van der Waals surface area contributed by atoms with Crippen molar-refractivity contribution < 1.29 is 0 Å². The molecule has 1 heterocycles. The van der Waals surface area contributed by atoms with Crippen LogP contribution in [0.15, 0.2) is 6.20 Å². The predicted molar refractivity (Wildman–Crippen MR) is 72.3 cm³/mol. The first-order chi connectivity index (χ1) is 8.76. The highest BCUT2D eigenvalue weighted by Crippen LogP contribution is 2.34. The van der Waals surface area contributed by atoms with Gasteiger partial charge in [-0.25, -0.2) is 9.97 Å². The summed E-state index contributed by atoms with van der Waals surface area (Å²) in [4.78, 5) is 11.5. The number of aryl methyl sites for hydroxylation is 1. The highest BCUT2D eigenvalue weighted by Gasteiger charge is 2.30. The van der Waals surface area contributed by atoms with Gasteiger partial charge in [0.05, 0.1) is 0 Å². The fourth-order valence-corrected chi connectivity index (χ4v) is 2.29. The molecule has 2 fully saturated rings. The van der Waals surface area contributed by atoms with Crippen molar-refractivity contribution >= 4 is 5.95 Å². The molecule has 2 saturated carbocycles. The van der Waals surface area contributed by atoms with Crippen LogP contribution in [0, 0.1) is 18.8 Å². The monoisotopic (exact) mass is 246 g/mol. The van der Waals surface area contributed by atoms with Crippen molar-refractivity contribution in [2.75, 3.05) is 18.0 Å². The van der Waals surface area contributed by atoms with Gasteiger partial charge in [-0.2, -0.15) is 0 Å². The highest BCUT2D eigenvalue weighted by atomic mass is 15.3. The van der Waals surface area contributed by atoms with Crippen LogP contribution in [0.3, 0.4) is 0 Å². The van der Waals surface area contributed by atoms with E-state index in [0.29, 0.717) is 6.54 Å². The lowest BCUT2D eigenvalue weighted by molar-refractivity contribution is 0.659. The van der Waals surface area contributed by atoms with Crippen molar-refractivity contribution in [1.29, 1.82) is 0 Å². The molecule has 2 N–H and O–H groups in total. The molecule has 0 aliphatic heterocycles. The molecule has 1 aromatic rings. The summed E-state index contributed by atoms with van der Waals surface area (Å²) in [6.07, 6.45) is 7.40. The molecule has 2 aliphatic rings. The summed E-state index contributed by atoms with van der Waals surface area (Å²) < 4.78 is 0. The molecule has 4 heteroatoms. The Morgan fingerprint density at radius 2 is 1.83 bits per heavy atom. The van der Waals surface area contributed by atoms with E-state index in [4.69, 9.17) is 5.73 Å². The molecular formula is C14H22N4. The smallest absolute Gasteiger partial charge is 0.225 e. The van der Waals surface area contributed by atoms with E-state index in [-0.39, 0.29) is 0 Å². The van der Waals surface area contributed by atoms with Crippen LogP contribution in [0.1, 0.15) is 36.9 Å². The minimum Gasteiger partial charge on any atom is -0.340 e. The van der Waals surface area contributed by atoms with Gasteiger partial charge in [-0.05, 0) is 44.4 Å². The Kier molecular flexibility index (Phi) is 3.20. The maximum Gasteiger partial charge on any atom is 0.225 e. The molecule has 0 spiro atoms. The average Bonchev–Trinajstić information content (AvgIpc) is 3.23. The second-order valence-corrected chi connectivity index (χ2v) is 5.78. The number of hydrogen-bond acceptors (Lipinski definition) is 4. The fraction of sp³-hybridized carbons (Fsp3) is 0.714. The molecule has 0 amide bonds. The molecular weight excluding hydrogens is 224 g/mol. The molecule has 0 unspecified atom stereocenters. The molecule has 1 aromatic heterocycles. The molecule has 0 atom stereocenters. The van der Waals surface area contributed by atoms with E-state index in [9.17, 15) is 0 Å². The quantitative estimate of drug-likeness (QED) is 0.832. The van der Waals surface area contributed by atoms with Crippen molar-refractivity contribution in [1.82, 2.24) is 9.97 Å². The summed E-state index contributed by atoms with van der Waals surface area (Å²) in [5.74, 6) is 2.66. The van der Waals surface area contributed by atoms with E-state index in [2.05, 4.69) is 14.9 Å². The summed E-state index contributed by atoms with van der Waals surface area (Å²) in [5, 5.41) is 0. The van der Waals surface area contributed by atoms with Gasteiger partial charge in [0.1, 0.15) is 0 Å². The lowest BCUT2D eigenvalue weighted by atomic mass is 10.2. The first-order valence-electron chi connectivity index (χ1n) is 7.04. The Balaban J connectivity index is 1.76. The number of rotatable bonds is 6. The van der Waals surface area contributed by atoms with Crippen molar-refractivity contribution in [2.45, 2.75) is 39.2 Å². The Bertz CT molecular complexity index is 410. The molecule has 98 valence electrons. The van der Waals surface area contributed by atoms with Crippen molar-refractivity contribution in [3.05, 3.63) is 17.5 Å². The summed E-state index contributed by atoms with van der Waals surface area (Å²) in [7, 11) is 0. The minimum absolute atomic E-state index is 0.525. The van der Waals surface area contributed by atoms with Crippen LogP contribution < -0.4 is 10.6 Å². The van der Waals surface area contributed by atoms with Crippen molar-refractivity contribution in [3.8, 4) is 0 Å². The Labute approximate surface area is 109 Å². The number of aromatic nitrogens is 2. The van der Waals surface area contributed by atoms with Gasteiger partial charge in [0.25, 0.3) is 0 Å². The Hall–Kier alpha value is -1.16. The number of nitrogens with zero attached hydrogens (tertiary/aromatic N) is 3. The summed E-state index contributed by atoms with van der Waals surface area (Å²) >= 11 is 0. The molecule has 0 saturated heterocycles. The van der Waals surface area contributed by atoms with Gasteiger partial charge < -0.3 is 10.6 Å². The van der Waals surface area contributed by atoms with E-state index in [1.165, 1.54) is 25.7 Å². The van der Waals surface area contributed by atoms with Gasteiger partial charge in [0.2, 0.25) is 5.95 Å². The van der Waals surface area contributed by atoms with Crippen LogP contribution in [0.2, 0.25) is 0 Å². The third kappa shape index (κ3) is 2.80. The fourth-order valence-electron chi connectivity index (χ4n) is 2.29. The topological polar surface area (TPSA) is 55.0 Å². The lowest BCUT2D eigenvalue weighted by Crippen LogP contribution is -2.30. The molecule has 0 aromatic carbocycles. The zero-order valence-corrected chi connectivity index (χ0v) is 11.1. The minimum atomic E-state index is 0.525. The summed E-state index contributed by atoms with van der Waals surface area (Å²) in [5.41, 5.74) is 7.74. The van der Waals surface area contributed by atoms with Gasteiger partial charge in [0.15, 0.2) is 0 Å². The second kappa shape index (κ2) is 4.84. The third-order valence-corrected chi connectivity index (χ3v) is 3.92. The van der Waals surface area contributed by atoms with Gasteiger partial charge in [0, 0.05) is 37.1 Å². The highest BCUT2D eigenvalue weighted by molar-refractivity contribution is 5.33. The molecule has 2 aliphatic carbocycles. The van der Waals surface area contributed by atoms with Crippen LogP contribution in [0.25, 0.3) is 0 Å². The largest absolute Gasteiger partial charge is 0.340 e. The summed E-state index contributed by atoms with van der Waals surface area (Å²) in [6, 6.07) is 0. The van der Waals surface area contributed by atoms with Gasteiger partial charge >= 0.3 is 0 Å². The van der Waals surface area contributed by atoms with E-state index in [0.717, 1.165) is 42.1 Å². The molecule has 3 rings (SSSR count). The van der Waals surface area contributed by atoms with Crippen LogP contribution in [0.4, 0.5) is 5.95 Å².